The molecule has 2 aliphatic rings. The van der Waals surface area contributed by atoms with Crippen LogP contribution < -0.4 is 15.1 Å². The second kappa shape index (κ2) is 4.93. The van der Waals surface area contributed by atoms with Gasteiger partial charge in [-0.3, -0.25) is 0 Å². The maximum absolute atomic E-state index is 5.55. The summed E-state index contributed by atoms with van der Waals surface area (Å²) in [6.45, 7) is 7.25. The molecule has 0 saturated carbocycles. The number of hydrogen-bond acceptors (Lipinski definition) is 6. The van der Waals surface area contributed by atoms with Crippen molar-refractivity contribution in [2.75, 3.05) is 62.3 Å². The van der Waals surface area contributed by atoms with Gasteiger partial charge in [0, 0.05) is 39.3 Å². The Labute approximate surface area is 101 Å². The summed E-state index contributed by atoms with van der Waals surface area (Å²) < 4.78 is 10.9. The van der Waals surface area contributed by atoms with Gasteiger partial charge in [-0.2, -0.15) is 4.98 Å². The molecule has 0 atom stereocenters. The van der Waals surface area contributed by atoms with Gasteiger partial charge in [0.05, 0.1) is 13.2 Å². The summed E-state index contributed by atoms with van der Waals surface area (Å²) in [6, 6.07) is 0.724. The van der Waals surface area contributed by atoms with Crippen LogP contribution in [0.25, 0.3) is 0 Å². The Hall–Kier alpha value is -1.27. The topological polar surface area (TPSA) is 53.8 Å². The van der Waals surface area contributed by atoms with Crippen LogP contribution in [0.5, 0.6) is 0 Å². The van der Waals surface area contributed by atoms with E-state index in [9.17, 15) is 0 Å². The van der Waals surface area contributed by atoms with E-state index in [2.05, 4.69) is 20.1 Å². The molecule has 0 unspecified atom stereocenters. The van der Waals surface area contributed by atoms with Crippen molar-refractivity contribution in [2.24, 2.45) is 0 Å². The van der Waals surface area contributed by atoms with E-state index in [4.69, 9.17) is 9.15 Å². The van der Waals surface area contributed by atoms with Gasteiger partial charge < -0.3 is 24.3 Å². The molecular formula is C11H18N4O2. The van der Waals surface area contributed by atoms with E-state index >= 15 is 0 Å². The average molecular weight is 238 g/mol. The second-order valence-electron chi connectivity index (χ2n) is 4.32. The molecule has 1 aromatic rings. The second-order valence-corrected chi connectivity index (χ2v) is 4.32. The zero-order valence-corrected chi connectivity index (χ0v) is 9.89. The predicted octanol–water partition coefficient (Wildman–Crippen LogP) is -0.0792. The van der Waals surface area contributed by atoms with Crippen molar-refractivity contribution in [3.8, 4) is 0 Å². The number of anilines is 2. The van der Waals surface area contributed by atoms with E-state index in [-0.39, 0.29) is 0 Å². The van der Waals surface area contributed by atoms with Crippen LogP contribution in [0.3, 0.4) is 0 Å². The Morgan fingerprint density at radius 2 is 1.82 bits per heavy atom. The summed E-state index contributed by atoms with van der Waals surface area (Å²) in [7, 11) is 0. The Balaban J connectivity index is 1.68. The van der Waals surface area contributed by atoms with Gasteiger partial charge in [-0.15, -0.1) is 0 Å². The van der Waals surface area contributed by atoms with Crippen LogP contribution in [0.2, 0.25) is 0 Å². The van der Waals surface area contributed by atoms with Gasteiger partial charge in [-0.1, -0.05) is 0 Å². The largest absolute Gasteiger partial charge is 0.430 e. The quantitative estimate of drug-likeness (QED) is 0.778. The lowest BCUT2D eigenvalue weighted by molar-refractivity contribution is 0.120. The highest BCUT2D eigenvalue weighted by Crippen LogP contribution is 2.21. The molecule has 1 N–H and O–H groups in total. The minimum atomic E-state index is 0.724. The van der Waals surface area contributed by atoms with Crippen LogP contribution in [-0.4, -0.2) is 57.5 Å². The van der Waals surface area contributed by atoms with Crippen molar-refractivity contribution >= 4 is 11.8 Å². The first-order valence-electron chi connectivity index (χ1n) is 6.17. The van der Waals surface area contributed by atoms with Crippen LogP contribution in [0.15, 0.2) is 10.7 Å². The normalized spacial score (nSPS) is 21.9. The lowest BCUT2D eigenvalue weighted by Gasteiger charge is -2.27. The fraction of sp³-hybridized carbons (Fsp3) is 0.727. The third kappa shape index (κ3) is 2.37. The maximum Gasteiger partial charge on any atom is 0.299 e. The van der Waals surface area contributed by atoms with E-state index < -0.39 is 0 Å². The molecule has 2 aliphatic heterocycles. The van der Waals surface area contributed by atoms with Gasteiger partial charge in [-0.25, -0.2) is 0 Å². The zero-order valence-electron chi connectivity index (χ0n) is 9.89. The van der Waals surface area contributed by atoms with Crippen LogP contribution in [0, 0.1) is 0 Å². The van der Waals surface area contributed by atoms with E-state index in [1.165, 1.54) is 0 Å². The number of nitrogens with one attached hydrogen (secondary N) is 1. The van der Waals surface area contributed by atoms with E-state index in [0.717, 1.165) is 64.3 Å². The van der Waals surface area contributed by atoms with Gasteiger partial charge in [0.2, 0.25) is 0 Å². The van der Waals surface area contributed by atoms with Gasteiger partial charge >= 0.3 is 0 Å². The first-order chi connectivity index (χ1) is 8.43. The van der Waals surface area contributed by atoms with Crippen molar-refractivity contribution in [3.05, 3.63) is 6.26 Å². The molecule has 17 heavy (non-hydrogen) atoms. The molecule has 3 rings (SSSR count). The Kier molecular flexibility index (Phi) is 3.15. The molecule has 94 valence electrons. The number of piperazine rings is 1. The van der Waals surface area contributed by atoms with Crippen molar-refractivity contribution in [1.29, 1.82) is 0 Å². The lowest BCUT2D eigenvalue weighted by Crippen LogP contribution is -2.43. The molecule has 0 bridgehead atoms. The highest BCUT2D eigenvalue weighted by atomic mass is 16.5. The summed E-state index contributed by atoms with van der Waals surface area (Å²) >= 11 is 0. The highest BCUT2D eigenvalue weighted by Gasteiger charge is 2.19. The fourth-order valence-electron chi connectivity index (χ4n) is 2.20. The van der Waals surface area contributed by atoms with Crippen LogP contribution in [0.1, 0.15) is 0 Å². The summed E-state index contributed by atoms with van der Waals surface area (Å²) in [6.07, 6.45) is 1.76. The lowest BCUT2D eigenvalue weighted by atomic mass is 10.4. The monoisotopic (exact) mass is 238 g/mol. The third-order valence-electron chi connectivity index (χ3n) is 3.20. The first kappa shape index (κ1) is 10.9. The Bertz CT molecular complexity index is 324. The van der Waals surface area contributed by atoms with E-state index in [1.807, 2.05) is 0 Å². The van der Waals surface area contributed by atoms with Gasteiger partial charge in [0.1, 0.15) is 6.26 Å². The summed E-state index contributed by atoms with van der Waals surface area (Å²) in [5.74, 6) is 0.952. The van der Waals surface area contributed by atoms with Crippen molar-refractivity contribution in [2.45, 2.75) is 0 Å². The SMILES string of the molecule is c1oc(N2CCOCC2)nc1N1CCNCC1. The Morgan fingerprint density at radius 1 is 1.06 bits per heavy atom. The number of nitrogens with zero attached hydrogens (tertiary/aromatic N) is 3. The number of morpholine rings is 1. The highest BCUT2D eigenvalue weighted by molar-refractivity contribution is 5.42. The van der Waals surface area contributed by atoms with Gasteiger partial charge in [0.25, 0.3) is 6.01 Å². The molecule has 3 heterocycles. The molecule has 2 saturated heterocycles. The number of ether oxygens (including phenoxy) is 1. The van der Waals surface area contributed by atoms with Gasteiger partial charge in [0.15, 0.2) is 5.82 Å². The first-order valence-corrected chi connectivity index (χ1v) is 6.17. The van der Waals surface area contributed by atoms with Crippen LogP contribution in [-0.2, 0) is 4.74 Å². The van der Waals surface area contributed by atoms with Crippen molar-refractivity contribution < 1.29 is 9.15 Å². The number of aromatic nitrogens is 1. The average Bonchev–Trinajstić information content (AvgIpc) is 2.90. The third-order valence-corrected chi connectivity index (χ3v) is 3.20. The predicted molar refractivity (Wildman–Crippen MR) is 64.6 cm³/mol. The van der Waals surface area contributed by atoms with E-state index in [0.29, 0.717) is 0 Å². The summed E-state index contributed by atoms with van der Waals surface area (Å²) in [5, 5.41) is 3.33. The number of hydrogen-bond donors (Lipinski definition) is 1. The molecule has 2 fully saturated rings. The van der Waals surface area contributed by atoms with Crippen LogP contribution in [0.4, 0.5) is 11.8 Å². The standard InChI is InChI=1S/C11H18N4O2/c1-3-14(4-2-12-1)10-9-17-11(13-10)15-5-7-16-8-6-15/h9,12H,1-8H2. The number of rotatable bonds is 2. The molecule has 6 heteroatoms. The molecule has 6 nitrogen and oxygen atoms in total. The molecular weight excluding hydrogens is 220 g/mol. The number of oxazole rings is 1. The molecule has 1 aromatic heterocycles. The molecule has 0 radical (unpaired) electrons. The maximum atomic E-state index is 5.55. The zero-order chi connectivity index (χ0) is 11.5. The van der Waals surface area contributed by atoms with Gasteiger partial charge in [-0.05, 0) is 0 Å². The minimum absolute atomic E-state index is 0.724. The van der Waals surface area contributed by atoms with E-state index in [1.54, 1.807) is 6.26 Å². The smallest absolute Gasteiger partial charge is 0.299 e. The minimum Gasteiger partial charge on any atom is -0.430 e. The molecule has 0 spiro atoms. The summed E-state index contributed by atoms with van der Waals surface area (Å²) in [4.78, 5) is 8.95. The van der Waals surface area contributed by atoms with Crippen LogP contribution >= 0.6 is 0 Å². The Morgan fingerprint density at radius 3 is 2.59 bits per heavy atom. The summed E-state index contributed by atoms with van der Waals surface area (Å²) in [5.41, 5.74) is 0. The molecule has 0 amide bonds. The molecule has 0 aromatic carbocycles. The fourth-order valence-corrected chi connectivity index (χ4v) is 2.20. The van der Waals surface area contributed by atoms with Crippen molar-refractivity contribution in [3.63, 3.8) is 0 Å². The van der Waals surface area contributed by atoms with Crippen molar-refractivity contribution in [1.82, 2.24) is 10.3 Å². The molecule has 0 aliphatic carbocycles.